The first kappa shape index (κ1) is 22.5. The third-order valence-corrected chi connectivity index (χ3v) is 6.80. The molecule has 32 heavy (non-hydrogen) atoms. The molecule has 1 saturated heterocycles. The lowest BCUT2D eigenvalue weighted by molar-refractivity contribution is -0.123. The van der Waals surface area contributed by atoms with Gasteiger partial charge in [0.2, 0.25) is 0 Å². The maximum absolute atomic E-state index is 13.0. The van der Waals surface area contributed by atoms with Crippen molar-refractivity contribution < 1.29 is 19.1 Å². The topological polar surface area (TPSA) is 63.7 Å². The van der Waals surface area contributed by atoms with E-state index in [0.29, 0.717) is 16.9 Å². The number of ether oxygens (including phenoxy) is 1. The second kappa shape index (κ2) is 9.85. The summed E-state index contributed by atoms with van der Waals surface area (Å²) in [5.74, 6) is -0.611. The number of thioether (sulfide) groups is 1. The molecule has 1 fully saturated rings. The summed E-state index contributed by atoms with van der Waals surface area (Å²) < 4.78 is 7.14. The second-order valence-corrected chi connectivity index (χ2v) is 9.56. The Kier molecular flexibility index (Phi) is 6.93. The molecule has 0 aliphatic carbocycles. The van der Waals surface area contributed by atoms with Gasteiger partial charge in [0, 0.05) is 14.5 Å². The average molecular weight is 573 g/mol. The number of esters is 1. The summed E-state index contributed by atoms with van der Waals surface area (Å²) in [7, 11) is 0. The number of hydrogen-bond acceptors (Lipinski definition) is 5. The van der Waals surface area contributed by atoms with Crippen molar-refractivity contribution in [1.82, 2.24) is 4.90 Å². The molecule has 0 radical (unpaired) electrons. The molecule has 0 aromatic heterocycles. The zero-order chi connectivity index (χ0) is 22.7. The molecule has 2 amide bonds. The molecule has 1 heterocycles. The summed E-state index contributed by atoms with van der Waals surface area (Å²) in [4.78, 5) is 39.4. The van der Waals surface area contributed by atoms with Gasteiger partial charge in [-0.3, -0.25) is 14.5 Å². The molecule has 0 bridgehead atoms. The van der Waals surface area contributed by atoms with Crippen molar-refractivity contribution in [3.63, 3.8) is 0 Å². The van der Waals surface area contributed by atoms with Crippen LogP contribution in [0.5, 0.6) is 5.75 Å². The highest BCUT2D eigenvalue weighted by atomic mass is 79.9. The third-order valence-electron chi connectivity index (χ3n) is 4.63. The van der Waals surface area contributed by atoms with Crippen LogP contribution in [0.25, 0.3) is 6.08 Å². The number of amides is 2. The number of benzene rings is 3. The van der Waals surface area contributed by atoms with Crippen LogP contribution < -0.4 is 4.74 Å². The van der Waals surface area contributed by atoms with E-state index in [1.165, 1.54) is 4.90 Å². The standard InChI is InChI=1S/C24H15Br2NO4S/c25-18-10-11-20(31-23(29)15-6-2-1-3-7-15)17(12-18)13-21-22(28)27(24(30)32-21)14-16-8-4-5-9-19(16)26/h1-13H,14H2/b21-13-. The van der Waals surface area contributed by atoms with Gasteiger partial charge in [-0.15, -0.1) is 0 Å². The Morgan fingerprint density at radius 1 is 0.969 bits per heavy atom. The monoisotopic (exact) mass is 571 g/mol. The molecule has 0 unspecified atom stereocenters. The Balaban J connectivity index is 1.60. The maximum atomic E-state index is 13.0. The van der Waals surface area contributed by atoms with E-state index in [9.17, 15) is 14.4 Å². The summed E-state index contributed by atoms with van der Waals surface area (Å²) in [6.07, 6.45) is 1.57. The van der Waals surface area contributed by atoms with Gasteiger partial charge in [0.1, 0.15) is 5.75 Å². The van der Waals surface area contributed by atoms with E-state index in [4.69, 9.17) is 4.74 Å². The third kappa shape index (κ3) is 5.03. The van der Waals surface area contributed by atoms with E-state index in [0.717, 1.165) is 26.3 Å². The molecule has 8 heteroatoms. The van der Waals surface area contributed by atoms with Gasteiger partial charge in [-0.05, 0) is 59.8 Å². The fraction of sp³-hybridized carbons (Fsp3) is 0.0417. The lowest BCUT2D eigenvalue weighted by Crippen LogP contribution is -2.27. The van der Waals surface area contributed by atoms with E-state index in [1.807, 2.05) is 30.3 Å². The van der Waals surface area contributed by atoms with Crippen LogP contribution in [-0.2, 0) is 11.3 Å². The van der Waals surface area contributed by atoms with E-state index in [2.05, 4.69) is 31.9 Å². The molecule has 0 N–H and O–H groups in total. The average Bonchev–Trinajstić information content (AvgIpc) is 3.05. The fourth-order valence-electron chi connectivity index (χ4n) is 3.03. The highest BCUT2D eigenvalue weighted by Crippen LogP contribution is 2.36. The van der Waals surface area contributed by atoms with Crippen LogP contribution >= 0.6 is 43.6 Å². The smallest absolute Gasteiger partial charge is 0.343 e. The molecule has 4 rings (SSSR count). The number of halogens is 2. The van der Waals surface area contributed by atoms with Crippen molar-refractivity contribution in [1.29, 1.82) is 0 Å². The molecular weight excluding hydrogens is 558 g/mol. The molecule has 5 nitrogen and oxygen atoms in total. The van der Waals surface area contributed by atoms with Gasteiger partial charge in [-0.25, -0.2) is 4.79 Å². The van der Waals surface area contributed by atoms with Gasteiger partial charge in [0.25, 0.3) is 11.1 Å². The van der Waals surface area contributed by atoms with Crippen molar-refractivity contribution in [3.05, 3.63) is 103 Å². The predicted molar refractivity (Wildman–Crippen MR) is 131 cm³/mol. The summed E-state index contributed by atoms with van der Waals surface area (Å²) in [6.45, 7) is 0.164. The predicted octanol–water partition coefficient (Wildman–Crippen LogP) is 6.67. The first-order chi connectivity index (χ1) is 15.4. The molecule has 0 saturated carbocycles. The lowest BCUT2D eigenvalue weighted by atomic mass is 10.1. The largest absolute Gasteiger partial charge is 0.422 e. The SMILES string of the molecule is O=C(Oc1ccc(Br)cc1/C=C1\SC(=O)N(Cc2ccccc2Br)C1=O)c1ccccc1. The minimum atomic E-state index is -0.510. The van der Waals surface area contributed by atoms with Crippen LogP contribution in [0.2, 0.25) is 0 Å². The summed E-state index contributed by atoms with van der Waals surface area (Å²) >= 11 is 7.71. The van der Waals surface area contributed by atoms with Crippen molar-refractivity contribution in [2.45, 2.75) is 6.54 Å². The Bertz CT molecular complexity index is 1240. The highest BCUT2D eigenvalue weighted by Gasteiger charge is 2.35. The molecule has 160 valence electrons. The van der Waals surface area contributed by atoms with Gasteiger partial charge in [0.15, 0.2) is 0 Å². The normalized spacial score (nSPS) is 14.8. The first-order valence-electron chi connectivity index (χ1n) is 9.48. The first-order valence-corrected chi connectivity index (χ1v) is 11.9. The Morgan fingerprint density at radius 2 is 1.69 bits per heavy atom. The number of rotatable bonds is 5. The number of nitrogens with zero attached hydrogens (tertiary/aromatic N) is 1. The van der Waals surface area contributed by atoms with Gasteiger partial charge in [0.05, 0.1) is 17.0 Å². The van der Waals surface area contributed by atoms with E-state index in [-0.39, 0.29) is 16.7 Å². The van der Waals surface area contributed by atoms with Crippen LogP contribution in [0.4, 0.5) is 4.79 Å². The number of hydrogen-bond donors (Lipinski definition) is 0. The molecule has 3 aromatic rings. The number of carbonyl (C=O) groups is 3. The van der Waals surface area contributed by atoms with Crippen LogP contribution in [0.15, 0.2) is 86.6 Å². The summed E-state index contributed by atoms with van der Waals surface area (Å²) in [5, 5.41) is -0.352. The van der Waals surface area contributed by atoms with Crippen molar-refractivity contribution in [2.24, 2.45) is 0 Å². The van der Waals surface area contributed by atoms with Crippen molar-refractivity contribution >= 4 is 66.8 Å². The Labute approximate surface area is 205 Å². The minimum absolute atomic E-state index is 0.164. The molecule has 0 atom stereocenters. The van der Waals surface area contributed by atoms with E-state index in [1.54, 1.807) is 48.5 Å². The second-order valence-electron chi connectivity index (χ2n) is 6.80. The Morgan fingerprint density at radius 3 is 2.44 bits per heavy atom. The highest BCUT2D eigenvalue weighted by molar-refractivity contribution is 9.10. The van der Waals surface area contributed by atoms with Gasteiger partial charge < -0.3 is 4.74 Å². The quantitative estimate of drug-likeness (QED) is 0.194. The maximum Gasteiger partial charge on any atom is 0.343 e. The van der Waals surface area contributed by atoms with Crippen LogP contribution in [0.1, 0.15) is 21.5 Å². The zero-order valence-electron chi connectivity index (χ0n) is 16.5. The number of carbonyl (C=O) groups excluding carboxylic acids is 3. The summed E-state index contributed by atoms with van der Waals surface area (Å²) in [6, 6.07) is 21.2. The zero-order valence-corrected chi connectivity index (χ0v) is 20.4. The molecule has 1 aliphatic rings. The molecule has 3 aromatic carbocycles. The summed E-state index contributed by atoms with van der Waals surface area (Å²) in [5.41, 5.74) is 1.75. The van der Waals surface area contributed by atoms with Gasteiger partial charge in [-0.2, -0.15) is 0 Å². The van der Waals surface area contributed by atoms with E-state index < -0.39 is 11.9 Å². The number of imide groups is 1. The van der Waals surface area contributed by atoms with Crippen LogP contribution in [0.3, 0.4) is 0 Å². The fourth-order valence-corrected chi connectivity index (χ4v) is 4.65. The van der Waals surface area contributed by atoms with Crippen LogP contribution in [-0.4, -0.2) is 22.0 Å². The van der Waals surface area contributed by atoms with Gasteiger partial charge in [-0.1, -0.05) is 68.3 Å². The minimum Gasteiger partial charge on any atom is -0.422 e. The molecule has 1 aliphatic heterocycles. The van der Waals surface area contributed by atoms with Crippen molar-refractivity contribution in [3.8, 4) is 5.75 Å². The van der Waals surface area contributed by atoms with Crippen molar-refractivity contribution in [2.75, 3.05) is 0 Å². The molecular formula is C24H15Br2NO4S. The van der Waals surface area contributed by atoms with E-state index >= 15 is 0 Å². The lowest BCUT2D eigenvalue weighted by Gasteiger charge is -2.13. The molecule has 0 spiro atoms. The van der Waals surface area contributed by atoms with Gasteiger partial charge >= 0.3 is 5.97 Å². The Hall–Kier alpha value is -2.68. The van der Waals surface area contributed by atoms with Crippen LogP contribution in [0, 0.1) is 0 Å².